The van der Waals surface area contributed by atoms with Crippen LogP contribution in [0.15, 0.2) is 59.6 Å². The third-order valence-electron chi connectivity index (χ3n) is 6.37. The van der Waals surface area contributed by atoms with Crippen molar-refractivity contribution in [3.8, 4) is 5.75 Å². The quantitative estimate of drug-likeness (QED) is 0.555. The zero-order chi connectivity index (χ0) is 22.2. The van der Waals surface area contributed by atoms with Gasteiger partial charge >= 0.3 is 0 Å². The van der Waals surface area contributed by atoms with Gasteiger partial charge in [-0.05, 0) is 24.6 Å². The van der Waals surface area contributed by atoms with Crippen molar-refractivity contribution in [3.05, 3.63) is 65.7 Å². The standard InChI is InChI=1S/C26H36N4O2/c1-21-7-6-8-22(19-21)25(29-15-17-31-18-16-29)20-28-26(27-2)30-13-11-24(12-14-30)32-23-9-4-3-5-10-23/h3-10,19,24-25H,11-18,20H2,1-2H3,(H,27,28). The molecule has 0 bridgehead atoms. The number of rotatable bonds is 6. The van der Waals surface area contributed by atoms with Gasteiger partial charge < -0.3 is 19.7 Å². The monoisotopic (exact) mass is 436 g/mol. The van der Waals surface area contributed by atoms with Gasteiger partial charge in [0, 0.05) is 52.6 Å². The first-order valence-electron chi connectivity index (χ1n) is 11.8. The molecule has 6 nitrogen and oxygen atoms in total. The summed E-state index contributed by atoms with van der Waals surface area (Å²) in [5, 5.41) is 3.67. The molecule has 4 rings (SSSR count). The summed E-state index contributed by atoms with van der Waals surface area (Å²) >= 11 is 0. The predicted octanol–water partition coefficient (Wildman–Crippen LogP) is 3.49. The summed E-state index contributed by atoms with van der Waals surface area (Å²) in [6.07, 6.45) is 2.26. The number of benzene rings is 2. The van der Waals surface area contributed by atoms with E-state index in [9.17, 15) is 0 Å². The Kier molecular flexibility index (Phi) is 8.02. The minimum Gasteiger partial charge on any atom is -0.490 e. The number of aliphatic imine (C=N–C) groups is 1. The molecule has 2 aliphatic rings. The fourth-order valence-corrected chi connectivity index (χ4v) is 4.62. The van der Waals surface area contributed by atoms with Crippen LogP contribution in [-0.2, 0) is 4.74 Å². The van der Waals surface area contributed by atoms with Gasteiger partial charge in [-0.3, -0.25) is 9.89 Å². The summed E-state index contributed by atoms with van der Waals surface area (Å²) in [6.45, 7) is 8.40. The van der Waals surface area contributed by atoms with E-state index in [2.05, 4.69) is 51.3 Å². The fourth-order valence-electron chi connectivity index (χ4n) is 4.62. The highest BCUT2D eigenvalue weighted by Crippen LogP contribution is 2.23. The highest BCUT2D eigenvalue weighted by Gasteiger charge is 2.26. The molecule has 0 radical (unpaired) electrons. The second-order valence-electron chi connectivity index (χ2n) is 8.62. The number of likely N-dealkylation sites (tertiary alicyclic amines) is 1. The van der Waals surface area contributed by atoms with Crippen LogP contribution in [0.1, 0.15) is 30.0 Å². The van der Waals surface area contributed by atoms with Gasteiger partial charge in [0.15, 0.2) is 5.96 Å². The van der Waals surface area contributed by atoms with Crippen molar-refractivity contribution in [2.24, 2.45) is 4.99 Å². The maximum atomic E-state index is 6.16. The van der Waals surface area contributed by atoms with Gasteiger partial charge in [-0.15, -0.1) is 0 Å². The van der Waals surface area contributed by atoms with Crippen molar-refractivity contribution in [1.29, 1.82) is 0 Å². The summed E-state index contributed by atoms with van der Waals surface area (Å²) in [6, 6.07) is 19.3. The molecule has 0 aromatic heterocycles. The Bertz CT molecular complexity index is 859. The minimum atomic E-state index is 0.264. The van der Waals surface area contributed by atoms with Crippen molar-refractivity contribution in [2.45, 2.75) is 31.9 Å². The molecule has 2 saturated heterocycles. The molecule has 1 N–H and O–H groups in total. The van der Waals surface area contributed by atoms with Crippen molar-refractivity contribution < 1.29 is 9.47 Å². The van der Waals surface area contributed by atoms with Gasteiger partial charge in [-0.2, -0.15) is 0 Å². The second kappa shape index (κ2) is 11.3. The number of ether oxygens (including phenoxy) is 2. The molecule has 0 saturated carbocycles. The van der Waals surface area contributed by atoms with Crippen LogP contribution >= 0.6 is 0 Å². The normalized spacial score (nSPS) is 19.6. The van der Waals surface area contributed by atoms with Crippen molar-refractivity contribution >= 4 is 5.96 Å². The van der Waals surface area contributed by atoms with Crippen LogP contribution in [0.5, 0.6) is 5.75 Å². The molecule has 2 fully saturated rings. The average molecular weight is 437 g/mol. The number of guanidine groups is 1. The summed E-state index contributed by atoms with van der Waals surface area (Å²) in [5.74, 6) is 1.94. The van der Waals surface area contributed by atoms with Crippen LogP contribution in [-0.4, -0.2) is 74.8 Å². The third-order valence-corrected chi connectivity index (χ3v) is 6.37. The van der Waals surface area contributed by atoms with Gasteiger partial charge in [-0.25, -0.2) is 0 Å². The Morgan fingerprint density at radius 3 is 2.50 bits per heavy atom. The Balaban J connectivity index is 1.35. The van der Waals surface area contributed by atoms with E-state index in [-0.39, 0.29) is 6.10 Å². The molecule has 2 aromatic carbocycles. The van der Waals surface area contributed by atoms with Crippen molar-refractivity contribution in [1.82, 2.24) is 15.1 Å². The molecule has 32 heavy (non-hydrogen) atoms. The minimum absolute atomic E-state index is 0.264. The lowest BCUT2D eigenvalue weighted by atomic mass is 10.0. The maximum absolute atomic E-state index is 6.16. The lowest BCUT2D eigenvalue weighted by molar-refractivity contribution is 0.0168. The lowest BCUT2D eigenvalue weighted by Crippen LogP contribution is -2.50. The Morgan fingerprint density at radius 2 is 1.81 bits per heavy atom. The van der Waals surface area contributed by atoms with E-state index in [4.69, 9.17) is 9.47 Å². The van der Waals surface area contributed by atoms with E-state index in [1.807, 2.05) is 37.4 Å². The first kappa shape index (κ1) is 22.6. The van der Waals surface area contributed by atoms with Crippen LogP contribution in [0.3, 0.4) is 0 Å². The summed E-state index contributed by atoms with van der Waals surface area (Å²) < 4.78 is 11.8. The molecule has 2 aliphatic heterocycles. The Morgan fingerprint density at radius 1 is 1.06 bits per heavy atom. The van der Waals surface area contributed by atoms with Crippen molar-refractivity contribution in [3.63, 3.8) is 0 Å². The highest BCUT2D eigenvalue weighted by atomic mass is 16.5. The second-order valence-corrected chi connectivity index (χ2v) is 8.62. The molecular formula is C26H36N4O2. The zero-order valence-corrected chi connectivity index (χ0v) is 19.4. The van der Waals surface area contributed by atoms with E-state index in [1.165, 1.54) is 11.1 Å². The van der Waals surface area contributed by atoms with Crippen LogP contribution in [0, 0.1) is 6.92 Å². The number of nitrogens with zero attached hydrogens (tertiary/aromatic N) is 3. The maximum Gasteiger partial charge on any atom is 0.193 e. The molecular weight excluding hydrogens is 400 g/mol. The highest BCUT2D eigenvalue weighted by molar-refractivity contribution is 5.80. The van der Waals surface area contributed by atoms with E-state index in [1.54, 1.807) is 0 Å². The Hall–Kier alpha value is -2.57. The van der Waals surface area contributed by atoms with Crippen LogP contribution in [0.4, 0.5) is 0 Å². The predicted molar refractivity (Wildman–Crippen MR) is 129 cm³/mol. The van der Waals surface area contributed by atoms with Gasteiger partial charge in [0.2, 0.25) is 0 Å². The van der Waals surface area contributed by atoms with Gasteiger partial charge in [0.1, 0.15) is 11.9 Å². The summed E-state index contributed by atoms with van der Waals surface area (Å²) in [5.41, 5.74) is 2.65. The zero-order valence-electron chi connectivity index (χ0n) is 19.4. The largest absolute Gasteiger partial charge is 0.490 e. The summed E-state index contributed by atoms with van der Waals surface area (Å²) in [4.78, 5) is 9.48. The van der Waals surface area contributed by atoms with Crippen LogP contribution < -0.4 is 10.1 Å². The number of hydrogen-bond donors (Lipinski definition) is 1. The molecule has 0 spiro atoms. The number of morpholine rings is 1. The van der Waals surface area contributed by atoms with E-state index in [0.717, 1.165) is 70.5 Å². The van der Waals surface area contributed by atoms with Crippen molar-refractivity contribution in [2.75, 3.05) is 53.0 Å². The van der Waals surface area contributed by atoms with Gasteiger partial charge in [0.05, 0.1) is 19.3 Å². The molecule has 0 aliphatic carbocycles. The number of nitrogens with one attached hydrogen (secondary N) is 1. The molecule has 1 atom stereocenters. The number of aryl methyl sites for hydroxylation is 1. The van der Waals surface area contributed by atoms with E-state index < -0.39 is 0 Å². The Labute approximate surface area is 192 Å². The van der Waals surface area contributed by atoms with Crippen LogP contribution in [0.2, 0.25) is 0 Å². The first-order valence-corrected chi connectivity index (χ1v) is 11.8. The number of piperidine rings is 1. The molecule has 6 heteroatoms. The number of para-hydroxylation sites is 1. The topological polar surface area (TPSA) is 49.3 Å². The third kappa shape index (κ3) is 6.02. The lowest BCUT2D eigenvalue weighted by Gasteiger charge is -2.37. The molecule has 2 heterocycles. The van der Waals surface area contributed by atoms with Crippen LogP contribution in [0.25, 0.3) is 0 Å². The van der Waals surface area contributed by atoms with E-state index >= 15 is 0 Å². The number of hydrogen-bond acceptors (Lipinski definition) is 4. The van der Waals surface area contributed by atoms with Gasteiger partial charge in [0.25, 0.3) is 0 Å². The van der Waals surface area contributed by atoms with Gasteiger partial charge in [-0.1, -0.05) is 48.0 Å². The molecule has 172 valence electrons. The molecule has 2 aromatic rings. The summed E-state index contributed by atoms with van der Waals surface area (Å²) in [7, 11) is 1.88. The van der Waals surface area contributed by atoms with E-state index in [0.29, 0.717) is 6.04 Å². The fraction of sp³-hybridized carbons (Fsp3) is 0.500. The molecule has 0 amide bonds. The molecule has 1 unspecified atom stereocenters. The average Bonchev–Trinajstić information content (AvgIpc) is 2.84. The smallest absolute Gasteiger partial charge is 0.193 e. The SMILES string of the molecule is CN=C(NCC(c1cccc(C)c1)N1CCOCC1)N1CCC(Oc2ccccc2)CC1. The first-order chi connectivity index (χ1) is 15.7.